The van der Waals surface area contributed by atoms with Gasteiger partial charge in [-0.25, -0.2) is 0 Å². The maximum absolute atomic E-state index is 6.22. The maximum atomic E-state index is 6.22. The van der Waals surface area contributed by atoms with Crippen LogP contribution in [0.5, 0.6) is 0 Å². The molecule has 0 N–H and O–H groups in total. The van der Waals surface area contributed by atoms with Gasteiger partial charge in [0, 0.05) is 27.2 Å². The van der Waals surface area contributed by atoms with Crippen molar-refractivity contribution >= 4 is 43.7 Å². The van der Waals surface area contributed by atoms with E-state index in [0.29, 0.717) is 0 Å². The molecule has 7 aromatic carbocycles. The van der Waals surface area contributed by atoms with Gasteiger partial charge in [-0.15, -0.1) is 0 Å². The minimum Gasteiger partial charge on any atom is -0.456 e. The molecule has 0 amide bonds. The van der Waals surface area contributed by atoms with Crippen LogP contribution in [-0.2, 0) is 5.41 Å². The van der Waals surface area contributed by atoms with Gasteiger partial charge in [-0.05, 0) is 87.0 Å². The molecule has 2 aliphatic rings. The lowest BCUT2D eigenvalue weighted by molar-refractivity contribution is 0.669. The second kappa shape index (κ2) is 8.19. The van der Waals surface area contributed by atoms with Crippen LogP contribution in [0.2, 0.25) is 0 Å². The third kappa shape index (κ3) is 2.77. The predicted octanol–water partition coefficient (Wildman–Crippen LogP) is 11.0. The monoisotopic (exact) mass is 571 g/mol. The third-order valence-corrected chi connectivity index (χ3v) is 10.4. The molecule has 11 rings (SSSR count). The number of fused-ring (bicyclic) bond motifs is 16. The van der Waals surface area contributed by atoms with Crippen molar-refractivity contribution in [3.8, 4) is 27.9 Å². The van der Waals surface area contributed by atoms with Gasteiger partial charge in [-0.2, -0.15) is 0 Å². The van der Waals surface area contributed by atoms with E-state index in [2.05, 4.69) is 144 Å². The Labute approximate surface area is 259 Å². The number of furan rings is 1. The molecule has 1 spiro atoms. The fraction of sp³-hybridized carbons (Fsp3) is 0.0233. The first kappa shape index (κ1) is 23.6. The molecule has 2 heteroatoms. The van der Waals surface area contributed by atoms with Crippen LogP contribution in [0, 0.1) is 0 Å². The molecule has 2 heterocycles. The van der Waals surface area contributed by atoms with E-state index in [-0.39, 0.29) is 5.41 Å². The number of benzene rings is 7. The molecular formula is C43H25NO. The highest BCUT2D eigenvalue weighted by Crippen LogP contribution is 2.63. The zero-order valence-electron chi connectivity index (χ0n) is 24.3. The van der Waals surface area contributed by atoms with Crippen LogP contribution in [-0.4, -0.2) is 4.57 Å². The van der Waals surface area contributed by atoms with Gasteiger partial charge in [-0.1, -0.05) is 109 Å². The van der Waals surface area contributed by atoms with E-state index >= 15 is 0 Å². The van der Waals surface area contributed by atoms with Gasteiger partial charge in [0.2, 0.25) is 0 Å². The van der Waals surface area contributed by atoms with E-state index in [9.17, 15) is 0 Å². The van der Waals surface area contributed by atoms with Crippen molar-refractivity contribution in [2.75, 3.05) is 0 Å². The van der Waals surface area contributed by atoms with Gasteiger partial charge < -0.3 is 8.98 Å². The molecule has 0 aliphatic heterocycles. The van der Waals surface area contributed by atoms with Crippen LogP contribution in [0.15, 0.2) is 156 Å². The summed E-state index contributed by atoms with van der Waals surface area (Å²) in [4.78, 5) is 0. The molecule has 0 radical (unpaired) electrons. The van der Waals surface area contributed by atoms with Crippen molar-refractivity contribution in [3.05, 3.63) is 174 Å². The average Bonchev–Trinajstić information content (AvgIpc) is 3.81. The second-order valence-corrected chi connectivity index (χ2v) is 12.4. The predicted molar refractivity (Wildman–Crippen MR) is 184 cm³/mol. The lowest BCUT2D eigenvalue weighted by atomic mass is 9.70. The van der Waals surface area contributed by atoms with Crippen LogP contribution in [0.4, 0.5) is 0 Å². The summed E-state index contributed by atoms with van der Waals surface area (Å²) in [7, 11) is 0. The van der Waals surface area contributed by atoms with Gasteiger partial charge >= 0.3 is 0 Å². The van der Waals surface area contributed by atoms with E-state index in [0.717, 1.165) is 27.6 Å². The Morgan fingerprint density at radius 1 is 0.378 bits per heavy atom. The molecule has 45 heavy (non-hydrogen) atoms. The highest BCUT2D eigenvalue weighted by atomic mass is 16.3. The first-order chi connectivity index (χ1) is 22.3. The highest BCUT2D eigenvalue weighted by Gasteiger charge is 2.51. The maximum Gasteiger partial charge on any atom is 0.135 e. The zero-order chi connectivity index (χ0) is 29.3. The Morgan fingerprint density at radius 2 is 0.956 bits per heavy atom. The zero-order valence-corrected chi connectivity index (χ0v) is 24.3. The van der Waals surface area contributed by atoms with Crippen molar-refractivity contribution < 1.29 is 4.42 Å². The van der Waals surface area contributed by atoms with Crippen LogP contribution < -0.4 is 0 Å². The first-order valence-corrected chi connectivity index (χ1v) is 15.6. The first-order valence-electron chi connectivity index (χ1n) is 15.6. The summed E-state index contributed by atoms with van der Waals surface area (Å²) in [6.45, 7) is 0. The Kier molecular flexibility index (Phi) is 4.29. The lowest BCUT2D eigenvalue weighted by Crippen LogP contribution is -2.25. The van der Waals surface area contributed by atoms with Crippen molar-refractivity contribution in [1.29, 1.82) is 0 Å². The average molecular weight is 572 g/mol. The highest BCUT2D eigenvalue weighted by molar-refractivity contribution is 6.13. The summed E-state index contributed by atoms with van der Waals surface area (Å²) in [6.07, 6.45) is 0. The normalized spacial score (nSPS) is 14.0. The van der Waals surface area contributed by atoms with Crippen LogP contribution in [0.1, 0.15) is 22.3 Å². The van der Waals surface area contributed by atoms with E-state index in [4.69, 9.17) is 4.42 Å². The topological polar surface area (TPSA) is 18.1 Å². The largest absolute Gasteiger partial charge is 0.456 e. The van der Waals surface area contributed by atoms with E-state index in [1.165, 1.54) is 66.3 Å². The molecule has 0 saturated heterocycles. The summed E-state index contributed by atoms with van der Waals surface area (Å²) in [6, 6.07) is 55.8. The van der Waals surface area contributed by atoms with Crippen molar-refractivity contribution in [2.24, 2.45) is 0 Å². The van der Waals surface area contributed by atoms with E-state index < -0.39 is 0 Å². The van der Waals surface area contributed by atoms with E-state index in [1.807, 2.05) is 12.1 Å². The Hall–Kier alpha value is -5.86. The fourth-order valence-corrected chi connectivity index (χ4v) is 8.69. The molecule has 9 aromatic rings. The number of hydrogen-bond donors (Lipinski definition) is 0. The molecule has 208 valence electrons. The summed E-state index contributed by atoms with van der Waals surface area (Å²) in [5.41, 5.74) is 15.8. The smallest absolute Gasteiger partial charge is 0.135 e. The molecule has 0 fully saturated rings. The molecule has 0 unspecified atom stereocenters. The summed E-state index contributed by atoms with van der Waals surface area (Å²) < 4.78 is 8.67. The molecule has 0 saturated carbocycles. The minimum absolute atomic E-state index is 0.376. The molecule has 0 bridgehead atoms. The van der Waals surface area contributed by atoms with Gasteiger partial charge in [0.1, 0.15) is 11.2 Å². The van der Waals surface area contributed by atoms with Crippen molar-refractivity contribution in [2.45, 2.75) is 5.41 Å². The SMILES string of the molecule is c1ccc2c(c1)-c1ccccc1C21c2ccccc2-c2cc3c4ccccc4n(-c4ccc5oc6ccccc6c5c4)c3cc21. The number of aromatic nitrogens is 1. The fourth-order valence-electron chi connectivity index (χ4n) is 8.69. The molecule has 2 nitrogen and oxygen atoms in total. The molecular weight excluding hydrogens is 546 g/mol. The third-order valence-electron chi connectivity index (χ3n) is 10.4. The van der Waals surface area contributed by atoms with Crippen molar-refractivity contribution in [3.63, 3.8) is 0 Å². The Morgan fingerprint density at radius 3 is 1.69 bits per heavy atom. The standard InChI is InChI=1S/C43H25NO/c1-6-16-35-27(11-1)28-12-2-7-17-36(28)43(35)37-18-8-3-13-29(37)32-24-33-30-14-4-9-19-39(30)44(40(33)25-38(32)43)26-21-22-42-34(23-26)31-15-5-10-20-41(31)45-42/h1-25H. The van der Waals surface area contributed by atoms with Crippen LogP contribution in [0.3, 0.4) is 0 Å². The van der Waals surface area contributed by atoms with Crippen LogP contribution >= 0.6 is 0 Å². The van der Waals surface area contributed by atoms with Crippen molar-refractivity contribution in [1.82, 2.24) is 4.57 Å². The molecule has 2 aromatic heterocycles. The summed E-state index contributed by atoms with van der Waals surface area (Å²) in [5, 5.41) is 4.81. The number of hydrogen-bond acceptors (Lipinski definition) is 1. The number of para-hydroxylation sites is 2. The van der Waals surface area contributed by atoms with Crippen LogP contribution in [0.25, 0.3) is 71.7 Å². The van der Waals surface area contributed by atoms with Gasteiger partial charge in [0.05, 0.1) is 16.4 Å². The second-order valence-electron chi connectivity index (χ2n) is 12.4. The Balaban J connectivity index is 1.30. The van der Waals surface area contributed by atoms with Gasteiger partial charge in [0.15, 0.2) is 0 Å². The molecule has 0 atom stereocenters. The van der Waals surface area contributed by atoms with E-state index in [1.54, 1.807) is 0 Å². The lowest BCUT2D eigenvalue weighted by Gasteiger charge is -2.30. The number of nitrogens with zero attached hydrogens (tertiary/aromatic N) is 1. The van der Waals surface area contributed by atoms with Gasteiger partial charge in [0.25, 0.3) is 0 Å². The quantitative estimate of drug-likeness (QED) is 0.192. The minimum atomic E-state index is -0.376. The molecule has 2 aliphatic carbocycles. The van der Waals surface area contributed by atoms with Gasteiger partial charge in [-0.3, -0.25) is 0 Å². The number of rotatable bonds is 1. The summed E-state index contributed by atoms with van der Waals surface area (Å²) >= 11 is 0. The Bertz CT molecular complexity index is 2670. The summed E-state index contributed by atoms with van der Waals surface area (Å²) in [5.74, 6) is 0.